The number of aliphatic carboxylic acids is 1. The van der Waals surface area contributed by atoms with Gasteiger partial charge in [0.05, 0.1) is 0 Å². The van der Waals surface area contributed by atoms with Gasteiger partial charge >= 0.3 is 5.97 Å². The van der Waals surface area contributed by atoms with Gasteiger partial charge in [-0.15, -0.1) is 0 Å². The van der Waals surface area contributed by atoms with E-state index in [1.54, 1.807) is 0 Å². The highest BCUT2D eigenvalue weighted by Gasteiger charge is 2.30. The molecule has 2 saturated carbocycles. The van der Waals surface area contributed by atoms with Crippen molar-refractivity contribution < 1.29 is 9.90 Å². The molecule has 140 valence electrons. The lowest BCUT2D eigenvalue weighted by molar-refractivity contribution is -0.137. The fourth-order valence-corrected chi connectivity index (χ4v) is 5.28. The van der Waals surface area contributed by atoms with Gasteiger partial charge in [0.2, 0.25) is 0 Å². The fraction of sp³-hybridized carbons (Fsp3) is 0.955. The second-order valence-electron chi connectivity index (χ2n) is 8.70. The molecular formula is C22H40O2. The van der Waals surface area contributed by atoms with Crippen molar-refractivity contribution in [2.45, 2.75) is 110 Å². The van der Waals surface area contributed by atoms with Gasteiger partial charge in [-0.05, 0) is 55.8 Å². The van der Waals surface area contributed by atoms with E-state index in [9.17, 15) is 4.79 Å². The van der Waals surface area contributed by atoms with Gasteiger partial charge in [-0.3, -0.25) is 4.79 Å². The minimum Gasteiger partial charge on any atom is -0.481 e. The zero-order chi connectivity index (χ0) is 17.2. The van der Waals surface area contributed by atoms with Crippen molar-refractivity contribution in [3.8, 4) is 0 Å². The van der Waals surface area contributed by atoms with Crippen LogP contribution in [0.15, 0.2) is 0 Å². The van der Waals surface area contributed by atoms with Gasteiger partial charge in [0, 0.05) is 6.42 Å². The highest BCUT2D eigenvalue weighted by molar-refractivity contribution is 5.66. The van der Waals surface area contributed by atoms with Crippen molar-refractivity contribution in [1.29, 1.82) is 0 Å². The molecule has 2 aliphatic rings. The molecule has 0 amide bonds. The first-order chi connectivity index (χ1) is 11.7. The molecule has 0 aliphatic heterocycles. The third-order valence-electron chi connectivity index (χ3n) is 6.92. The van der Waals surface area contributed by atoms with Gasteiger partial charge in [0.25, 0.3) is 0 Å². The van der Waals surface area contributed by atoms with Crippen LogP contribution in [0.2, 0.25) is 0 Å². The van der Waals surface area contributed by atoms with Crippen molar-refractivity contribution in [1.82, 2.24) is 0 Å². The van der Waals surface area contributed by atoms with Gasteiger partial charge < -0.3 is 5.11 Å². The smallest absolute Gasteiger partial charge is 0.303 e. The van der Waals surface area contributed by atoms with E-state index in [0.717, 1.165) is 36.5 Å². The molecule has 0 unspecified atom stereocenters. The van der Waals surface area contributed by atoms with Crippen LogP contribution >= 0.6 is 0 Å². The van der Waals surface area contributed by atoms with Gasteiger partial charge in [-0.1, -0.05) is 71.1 Å². The van der Waals surface area contributed by atoms with Crippen molar-refractivity contribution in [2.24, 2.45) is 23.7 Å². The Bertz CT molecular complexity index is 336. The Morgan fingerprint density at radius 2 is 1.25 bits per heavy atom. The molecule has 0 saturated heterocycles. The molecule has 2 rings (SSSR count). The summed E-state index contributed by atoms with van der Waals surface area (Å²) >= 11 is 0. The number of rotatable bonds is 10. The fourth-order valence-electron chi connectivity index (χ4n) is 5.28. The average Bonchev–Trinajstić information content (AvgIpc) is 2.60. The summed E-state index contributed by atoms with van der Waals surface area (Å²) in [6, 6.07) is 0. The highest BCUT2D eigenvalue weighted by Crippen LogP contribution is 2.43. The number of hydrogen-bond acceptors (Lipinski definition) is 1. The van der Waals surface area contributed by atoms with Crippen LogP contribution in [-0.4, -0.2) is 11.1 Å². The zero-order valence-corrected chi connectivity index (χ0v) is 16.0. The third kappa shape index (κ3) is 7.15. The molecule has 0 aromatic heterocycles. The number of hydrogen-bond donors (Lipinski definition) is 1. The standard InChI is InChI=1S/C22H40O2/c1-2-3-7-18-10-14-20(15-11-18)21-16-12-19(13-17-21)8-5-4-6-9-22(23)24/h18-21H,2-17H2,1H3,(H,23,24)/t18-,19-,20-,21-. The lowest BCUT2D eigenvalue weighted by Gasteiger charge is -2.38. The maximum absolute atomic E-state index is 10.5. The van der Waals surface area contributed by atoms with Gasteiger partial charge in [0.15, 0.2) is 0 Å². The van der Waals surface area contributed by atoms with Crippen molar-refractivity contribution >= 4 is 5.97 Å². The Kier molecular flexibility index (Phi) is 9.20. The molecule has 0 aromatic rings. The van der Waals surface area contributed by atoms with Crippen LogP contribution in [-0.2, 0) is 4.79 Å². The van der Waals surface area contributed by atoms with Crippen LogP contribution in [0.1, 0.15) is 110 Å². The minimum atomic E-state index is -0.639. The Morgan fingerprint density at radius 3 is 1.71 bits per heavy atom. The molecule has 0 spiro atoms. The maximum Gasteiger partial charge on any atom is 0.303 e. The van der Waals surface area contributed by atoms with E-state index < -0.39 is 5.97 Å². The predicted molar refractivity (Wildman–Crippen MR) is 101 cm³/mol. The summed E-state index contributed by atoms with van der Waals surface area (Å²) in [7, 11) is 0. The van der Waals surface area contributed by atoms with Crippen LogP contribution in [0.3, 0.4) is 0 Å². The quantitative estimate of drug-likeness (QED) is 0.444. The molecule has 0 bridgehead atoms. The van der Waals surface area contributed by atoms with Crippen molar-refractivity contribution in [2.75, 3.05) is 0 Å². The number of unbranched alkanes of at least 4 members (excludes halogenated alkanes) is 3. The average molecular weight is 337 g/mol. The number of carboxylic acid groups (broad SMARTS) is 1. The largest absolute Gasteiger partial charge is 0.481 e. The van der Waals surface area contributed by atoms with E-state index in [1.165, 1.54) is 83.5 Å². The number of carboxylic acids is 1. The normalized spacial score (nSPS) is 31.0. The molecule has 2 fully saturated rings. The van der Waals surface area contributed by atoms with Gasteiger partial charge in [-0.2, -0.15) is 0 Å². The summed E-state index contributed by atoms with van der Waals surface area (Å²) in [5.41, 5.74) is 0. The Morgan fingerprint density at radius 1 is 0.750 bits per heavy atom. The summed E-state index contributed by atoms with van der Waals surface area (Å²) in [6.45, 7) is 2.32. The second kappa shape index (κ2) is 11.2. The Balaban J connectivity index is 1.54. The summed E-state index contributed by atoms with van der Waals surface area (Å²) < 4.78 is 0. The molecule has 0 atom stereocenters. The van der Waals surface area contributed by atoms with E-state index in [0.29, 0.717) is 6.42 Å². The van der Waals surface area contributed by atoms with Crippen LogP contribution in [0.25, 0.3) is 0 Å². The van der Waals surface area contributed by atoms with Crippen LogP contribution in [0.5, 0.6) is 0 Å². The SMILES string of the molecule is CCCC[C@H]1CC[C@H]([C@H]2CC[C@H](CCCCCC(=O)O)CC2)CC1. The molecule has 24 heavy (non-hydrogen) atoms. The summed E-state index contributed by atoms with van der Waals surface area (Å²) in [5.74, 6) is 3.41. The van der Waals surface area contributed by atoms with Gasteiger partial charge in [0.1, 0.15) is 0 Å². The zero-order valence-electron chi connectivity index (χ0n) is 16.0. The van der Waals surface area contributed by atoms with E-state index >= 15 is 0 Å². The van der Waals surface area contributed by atoms with E-state index in [-0.39, 0.29) is 0 Å². The van der Waals surface area contributed by atoms with E-state index in [2.05, 4.69) is 6.92 Å². The Hall–Kier alpha value is -0.530. The molecule has 0 heterocycles. The summed E-state index contributed by atoms with van der Waals surface area (Å²) in [5, 5.41) is 8.67. The Labute approximate surface area is 149 Å². The molecule has 0 aromatic carbocycles. The minimum absolute atomic E-state index is 0.355. The highest BCUT2D eigenvalue weighted by atomic mass is 16.4. The van der Waals surface area contributed by atoms with E-state index in [1.807, 2.05) is 0 Å². The van der Waals surface area contributed by atoms with Crippen LogP contribution in [0.4, 0.5) is 0 Å². The lowest BCUT2D eigenvalue weighted by Crippen LogP contribution is -2.25. The number of carbonyl (C=O) groups is 1. The first-order valence-electron chi connectivity index (χ1n) is 10.9. The first-order valence-corrected chi connectivity index (χ1v) is 10.9. The maximum atomic E-state index is 10.5. The molecule has 2 nitrogen and oxygen atoms in total. The van der Waals surface area contributed by atoms with E-state index in [4.69, 9.17) is 5.11 Å². The van der Waals surface area contributed by atoms with Crippen LogP contribution < -0.4 is 0 Å². The molecular weight excluding hydrogens is 296 g/mol. The monoisotopic (exact) mass is 336 g/mol. The van der Waals surface area contributed by atoms with Crippen molar-refractivity contribution in [3.63, 3.8) is 0 Å². The first kappa shape index (κ1) is 19.8. The summed E-state index contributed by atoms with van der Waals surface area (Å²) in [6.07, 6.45) is 21.1. The third-order valence-corrected chi connectivity index (χ3v) is 6.92. The van der Waals surface area contributed by atoms with Crippen LogP contribution in [0, 0.1) is 23.7 Å². The molecule has 1 N–H and O–H groups in total. The molecule has 2 heteroatoms. The van der Waals surface area contributed by atoms with Gasteiger partial charge in [-0.25, -0.2) is 0 Å². The topological polar surface area (TPSA) is 37.3 Å². The molecule has 2 aliphatic carbocycles. The van der Waals surface area contributed by atoms with Crippen molar-refractivity contribution in [3.05, 3.63) is 0 Å². The summed E-state index contributed by atoms with van der Waals surface area (Å²) in [4.78, 5) is 10.5. The second-order valence-corrected chi connectivity index (χ2v) is 8.70. The molecule has 0 radical (unpaired) electrons. The predicted octanol–water partition coefficient (Wildman–Crippen LogP) is 6.82. The lowest BCUT2D eigenvalue weighted by atomic mass is 9.68.